The molecule has 0 heterocycles. The van der Waals surface area contributed by atoms with Crippen LogP contribution in [0, 0.1) is 0 Å². The van der Waals surface area contributed by atoms with E-state index in [4.69, 9.17) is 24.4 Å². The first-order chi connectivity index (χ1) is 12.9. The van der Waals surface area contributed by atoms with Crippen LogP contribution in [-0.4, -0.2) is 45.9 Å². The van der Waals surface area contributed by atoms with Crippen LogP contribution in [0.4, 0.5) is 0 Å². The fourth-order valence-electron chi connectivity index (χ4n) is 2.16. The predicted octanol–water partition coefficient (Wildman–Crippen LogP) is 1.34. The summed E-state index contributed by atoms with van der Waals surface area (Å²) in [5, 5.41) is 34.2. The van der Waals surface area contributed by atoms with E-state index in [9.17, 15) is 10.2 Å². The first-order valence-corrected chi connectivity index (χ1v) is 8.85. The van der Waals surface area contributed by atoms with Crippen LogP contribution >= 0.6 is 24.4 Å². The van der Waals surface area contributed by atoms with Crippen LogP contribution in [0.3, 0.4) is 0 Å². The van der Waals surface area contributed by atoms with Crippen molar-refractivity contribution in [3.05, 3.63) is 71.8 Å². The van der Waals surface area contributed by atoms with Crippen LogP contribution < -0.4 is 10.2 Å². The first kappa shape index (κ1) is 23.8. The molecule has 0 fully saturated rings. The zero-order valence-corrected chi connectivity index (χ0v) is 20.2. The molecule has 9 heteroatoms. The van der Waals surface area contributed by atoms with E-state index in [1.165, 1.54) is 10.0 Å². The molecular weight excluding hydrogens is 446 g/mol. The second-order valence-corrected chi connectivity index (χ2v) is 6.33. The summed E-state index contributed by atoms with van der Waals surface area (Å²) in [4.78, 5) is 0.770. The molecular formula is C19H18N4O2S2Zn. The van der Waals surface area contributed by atoms with E-state index in [-0.39, 0.29) is 19.5 Å². The summed E-state index contributed by atoms with van der Waals surface area (Å²) >= 11 is 10.6. The molecule has 0 radical (unpaired) electrons. The Hall–Kier alpha value is -2.22. The van der Waals surface area contributed by atoms with E-state index in [0.717, 1.165) is 11.1 Å². The van der Waals surface area contributed by atoms with Gasteiger partial charge in [0.2, 0.25) is 0 Å². The molecule has 2 rings (SSSR count). The Morgan fingerprint density at radius 3 is 1.39 bits per heavy atom. The van der Waals surface area contributed by atoms with Gasteiger partial charge in [-0.3, -0.25) is 10.0 Å². The molecule has 0 spiro atoms. The summed E-state index contributed by atoms with van der Waals surface area (Å²) in [5.41, 5.74) is 1.52. The van der Waals surface area contributed by atoms with Crippen LogP contribution in [-0.2, 0) is 19.5 Å². The van der Waals surface area contributed by atoms with Crippen LogP contribution in [0.25, 0.3) is 0 Å². The average Bonchev–Trinajstić information content (AvgIpc) is 2.67. The maximum atomic E-state index is 12.0. The van der Waals surface area contributed by atoms with Gasteiger partial charge < -0.3 is 10.2 Å². The van der Waals surface area contributed by atoms with Crippen molar-refractivity contribution in [2.24, 2.45) is 10.2 Å². The van der Waals surface area contributed by atoms with Crippen molar-refractivity contribution in [3.8, 4) is 0 Å². The van der Waals surface area contributed by atoms with Gasteiger partial charge in [0, 0.05) is 31.6 Å². The predicted molar refractivity (Wildman–Crippen MR) is 111 cm³/mol. The Labute approximate surface area is 187 Å². The Kier molecular flexibility index (Phi) is 9.86. The van der Waals surface area contributed by atoms with E-state index in [1.54, 1.807) is 14.1 Å². The molecule has 2 aromatic rings. The van der Waals surface area contributed by atoms with Gasteiger partial charge in [-0.2, -0.15) is 10.2 Å². The molecule has 0 aliphatic rings. The molecule has 0 saturated carbocycles. The summed E-state index contributed by atoms with van der Waals surface area (Å²) in [6.45, 7) is 0. The Bertz CT molecular complexity index is 789. The molecule has 0 aliphatic carbocycles. The minimum Gasteiger partial charge on any atom is -0.860 e. The van der Waals surface area contributed by atoms with Gasteiger partial charge in [0.05, 0.1) is 0 Å². The molecule has 0 bridgehead atoms. The molecule has 0 amide bonds. The van der Waals surface area contributed by atoms with Gasteiger partial charge in [0.15, 0.2) is 0 Å². The molecule has 0 aliphatic heterocycles. The fourth-order valence-corrected chi connectivity index (χ4v) is 2.51. The van der Waals surface area contributed by atoms with Gasteiger partial charge in [0.25, 0.3) is 0 Å². The fraction of sp³-hybridized carbons (Fsp3) is 0.158. The van der Waals surface area contributed by atoms with Crippen LogP contribution in [0.1, 0.15) is 17.5 Å². The molecule has 140 valence electrons. The average molecular weight is 464 g/mol. The summed E-state index contributed by atoms with van der Waals surface area (Å²) < 4.78 is 0. The van der Waals surface area contributed by atoms with Crippen molar-refractivity contribution in [1.29, 1.82) is 0 Å². The second kappa shape index (κ2) is 11.6. The second-order valence-electron chi connectivity index (χ2n) is 5.55. The third-order valence-electron chi connectivity index (χ3n) is 3.45. The smallest absolute Gasteiger partial charge is 0.860 e. The molecule has 0 atom stereocenters. The van der Waals surface area contributed by atoms with Gasteiger partial charge in [0.1, 0.15) is 9.98 Å². The van der Waals surface area contributed by atoms with Gasteiger partial charge >= 0.3 is 19.5 Å². The van der Waals surface area contributed by atoms with Gasteiger partial charge in [-0.05, 0) is 11.8 Å². The number of hydrogen-bond donors (Lipinski definition) is 0. The summed E-state index contributed by atoms with van der Waals surface area (Å²) in [6, 6.07) is 18.4. The summed E-state index contributed by atoms with van der Waals surface area (Å²) in [5.74, 6) is -1.27. The van der Waals surface area contributed by atoms with Crippen molar-refractivity contribution in [1.82, 2.24) is 10.0 Å². The van der Waals surface area contributed by atoms with Crippen molar-refractivity contribution >= 4 is 46.2 Å². The summed E-state index contributed by atoms with van der Waals surface area (Å²) in [7, 11) is 3.12. The van der Waals surface area contributed by atoms with E-state index < -0.39 is 18.2 Å². The van der Waals surface area contributed by atoms with E-state index >= 15 is 0 Å². The third-order valence-corrected chi connectivity index (χ3v) is 4.45. The standard InChI is InChI=1S/C19H20N4O2S2.Zn/c1-22(18(26)14-9-5-3-6-10-14)20-16(24)13-17(25)21-23(2)19(27)15-11-7-4-8-12-15;/h3-12H,13H2,1-2H3,(H,20,24)(H,21,25);/q;+2/p-2. The van der Waals surface area contributed by atoms with Crippen LogP contribution in [0.2, 0.25) is 0 Å². The minimum atomic E-state index is -0.636. The zero-order valence-electron chi connectivity index (χ0n) is 15.6. The maximum absolute atomic E-state index is 12.0. The number of nitrogens with zero attached hydrogens (tertiary/aromatic N) is 4. The molecule has 6 nitrogen and oxygen atoms in total. The summed E-state index contributed by atoms with van der Waals surface area (Å²) in [6.07, 6.45) is -0.469. The normalized spacial score (nSPS) is 11.4. The molecule has 0 N–H and O–H groups in total. The first-order valence-electron chi connectivity index (χ1n) is 8.03. The number of benzene rings is 2. The minimum absolute atomic E-state index is 0. The monoisotopic (exact) mass is 462 g/mol. The third kappa shape index (κ3) is 7.07. The largest absolute Gasteiger partial charge is 2.00 e. The van der Waals surface area contributed by atoms with Gasteiger partial charge in [-0.15, -0.1) is 0 Å². The zero-order chi connectivity index (χ0) is 19.8. The molecule has 0 aromatic heterocycles. The van der Waals surface area contributed by atoms with Crippen LogP contribution in [0.15, 0.2) is 70.9 Å². The number of hydrazone groups is 2. The Morgan fingerprint density at radius 2 is 1.07 bits per heavy atom. The van der Waals surface area contributed by atoms with E-state index in [2.05, 4.69) is 10.2 Å². The molecule has 2 aromatic carbocycles. The van der Waals surface area contributed by atoms with E-state index in [1.807, 2.05) is 60.7 Å². The number of rotatable bonds is 6. The Morgan fingerprint density at radius 1 is 0.750 bits per heavy atom. The SMILES string of the molecule is CN(/N=C(\[O-])C/C([O-])=N/N(C)C(=S)c1ccccc1)C(=S)c1ccccc1.[Zn+2]. The molecule has 28 heavy (non-hydrogen) atoms. The topological polar surface area (TPSA) is 77.3 Å². The van der Waals surface area contributed by atoms with Crippen molar-refractivity contribution < 1.29 is 29.7 Å². The van der Waals surface area contributed by atoms with Crippen molar-refractivity contribution in [2.75, 3.05) is 14.1 Å². The van der Waals surface area contributed by atoms with Crippen molar-refractivity contribution in [2.45, 2.75) is 6.42 Å². The van der Waals surface area contributed by atoms with Crippen molar-refractivity contribution in [3.63, 3.8) is 0 Å². The Balaban J connectivity index is 0.00000392. The van der Waals surface area contributed by atoms with Crippen LogP contribution in [0.5, 0.6) is 0 Å². The molecule has 0 saturated heterocycles. The number of hydrogen-bond acceptors (Lipinski definition) is 6. The molecule has 0 unspecified atom stereocenters. The quantitative estimate of drug-likeness (QED) is 0.211. The number of thiocarbonyl (C=S) groups is 2. The maximum Gasteiger partial charge on any atom is 2.00 e. The van der Waals surface area contributed by atoms with Gasteiger partial charge in [-0.25, -0.2) is 0 Å². The van der Waals surface area contributed by atoms with Gasteiger partial charge in [-0.1, -0.05) is 85.1 Å². The van der Waals surface area contributed by atoms with E-state index in [0.29, 0.717) is 9.98 Å².